The molecule has 2 unspecified atom stereocenters. The summed E-state index contributed by atoms with van der Waals surface area (Å²) in [6.07, 6.45) is 0.472. The molecule has 3 rings (SSSR count). The maximum atomic E-state index is 13.7. The third-order valence-corrected chi connectivity index (χ3v) is 4.09. The van der Waals surface area contributed by atoms with Gasteiger partial charge in [-0.15, -0.1) is 0 Å². The molecule has 0 aliphatic carbocycles. The Bertz CT molecular complexity index is 606. The van der Waals surface area contributed by atoms with Crippen molar-refractivity contribution in [1.29, 1.82) is 0 Å². The number of carbonyl (C=O) groups excluding carboxylic acids is 3. The van der Waals surface area contributed by atoms with Crippen LogP contribution in [0.25, 0.3) is 0 Å². The van der Waals surface area contributed by atoms with Crippen LogP contribution in [0.2, 0.25) is 0 Å². The van der Waals surface area contributed by atoms with E-state index in [0.29, 0.717) is 31.2 Å². The largest absolute Gasteiger partial charge is 0.444 e. The van der Waals surface area contributed by atoms with Crippen LogP contribution in [0.4, 0.5) is 9.18 Å². The highest BCUT2D eigenvalue weighted by Gasteiger charge is 2.35. The Balaban J connectivity index is 1.62. The van der Waals surface area contributed by atoms with Crippen LogP contribution in [-0.2, 0) is 27.4 Å². The maximum absolute atomic E-state index is 13.7. The molecule has 0 saturated carbocycles. The predicted molar refractivity (Wildman–Crippen MR) is 73.2 cm³/mol. The molecule has 0 radical (unpaired) electrons. The fraction of sp³-hybridized carbons (Fsp3) is 0.400. The fourth-order valence-corrected chi connectivity index (χ4v) is 2.92. The van der Waals surface area contributed by atoms with E-state index in [9.17, 15) is 18.8 Å². The van der Waals surface area contributed by atoms with Gasteiger partial charge in [0.2, 0.25) is 6.41 Å². The van der Waals surface area contributed by atoms with Gasteiger partial charge >= 0.3 is 6.09 Å². The number of halogens is 1. The normalized spacial score (nSPS) is 23.3. The zero-order valence-electron chi connectivity index (χ0n) is 11.8. The molecule has 7 heteroatoms. The monoisotopic (exact) mass is 306 g/mol. The van der Waals surface area contributed by atoms with Crippen LogP contribution in [0.1, 0.15) is 17.5 Å². The Morgan fingerprint density at radius 3 is 2.77 bits per heavy atom. The number of hydrogen-bond acceptors (Lipinski definition) is 4. The minimum Gasteiger partial charge on any atom is -0.444 e. The Labute approximate surface area is 126 Å². The molecule has 6 nitrogen and oxygen atoms in total. The number of ether oxygens (including phenoxy) is 1. The summed E-state index contributed by atoms with van der Waals surface area (Å²) in [5.74, 6) is -0.332. The number of aldehydes is 1. The second-order valence-corrected chi connectivity index (χ2v) is 5.48. The molecule has 0 aromatic heterocycles. The zero-order chi connectivity index (χ0) is 15.7. The summed E-state index contributed by atoms with van der Waals surface area (Å²) in [5.41, 5.74) is 1.27. The van der Waals surface area contributed by atoms with E-state index in [2.05, 4.69) is 0 Å². The highest BCUT2D eigenvalue weighted by atomic mass is 19.1. The summed E-state index contributed by atoms with van der Waals surface area (Å²) >= 11 is 0. The molecule has 2 atom stereocenters. The lowest BCUT2D eigenvalue weighted by atomic mass is 10.1. The van der Waals surface area contributed by atoms with E-state index in [0.717, 1.165) is 5.56 Å². The summed E-state index contributed by atoms with van der Waals surface area (Å²) in [5, 5.41) is 0. The number of rotatable bonds is 3. The zero-order valence-corrected chi connectivity index (χ0v) is 11.8. The van der Waals surface area contributed by atoms with Crippen LogP contribution in [0.5, 0.6) is 0 Å². The highest BCUT2D eigenvalue weighted by Crippen LogP contribution is 2.26. The van der Waals surface area contributed by atoms with Gasteiger partial charge in [0, 0.05) is 18.5 Å². The number of nitrogens with zero attached hydrogens (tertiary/aromatic N) is 2. The van der Waals surface area contributed by atoms with Crippen molar-refractivity contribution >= 4 is 18.8 Å². The summed E-state index contributed by atoms with van der Waals surface area (Å²) in [4.78, 5) is 36.6. The van der Waals surface area contributed by atoms with E-state index < -0.39 is 18.2 Å². The Morgan fingerprint density at radius 1 is 1.32 bits per heavy atom. The average molecular weight is 306 g/mol. The quantitative estimate of drug-likeness (QED) is 0.784. The molecule has 1 aromatic carbocycles. The van der Waals surface area contributed by atoms with Gasteiger partial charge in [0.25, 0.3) is 0 Å². The van der Waals surface area contributed by atoms with Gasteiger partial charge in [-0.1, -0.05) is 12.1 Å². The molecule has 0 spiro atoms. The van der Waals surface area contributed by atoms with Crippen LogP contribution < -0.4 is 0 Å². The van der Waals surface area contributed by atoms with Gasteiger partial charge in [-0.05, 0) is 11.6 Å². The van der Waals surface area contributed by atoms with E-state index in [-0.39, 0.29) is 18.9 Å². The topological polar surface area (TPSA) is 66.9 Å². The Hall–Kier alpha value is -2.44. The van der Waals surface area contributed by atoms with Crippen LogP contribution in [-0.4, -0.2) is 47.3 Å². The number of benzene rings is 1. The summed E-state index contributed by atoms with van der Waals surface area (Å²) < 4.78 is 19.0. The van der Waals surface area contributed by atoms with Gasteiger partial charge in [0.15, 0.2) is 0 Å². The number of likely N-dealkylation sites (tertiary alicyclic amines) is 1. The molecule has 0 bridgehead atoms. The molecule has 2 aliphatic rings. The molecule has 1 aromatic rings. The van der Waals surface area contributed by atoms with Crippen LogP contribution in [0.15, 0.2) is 18.2 Å². The second kappa shape index (κ2) is 5.75. The third kappa shape index (κ3) is 2.54. The van der Waals surface area contributed by atoms with E-state index in [4.69, 9.17) is 4.74 Å². The maximum Gasteiger partial charge on any atom is 0.410 e. The van der Waals surface area contributed by atoms with E-state index in [1.165, 1.54) is 15.9 Å². The summed E-state index contributed by atoms with van der Waals surface area (Å²) in [6.45, 7) is 0.670. The van der Waals surface area contributed by atoms with Gasteiger partial charge in [-0.3, -0.25) is 9.69 Å². The Kier molecular flexibility index (Phi) is 3.79. The van der Waals surface area contributed by atoms with Crippen molar-refractivity contribution in [3.05, 3.63) is 35.1 Å². The van der Waals surface area contributed by atoms with E-state index >= 15 is 0 Å². The lowest BCUT2D eigenvalue weighted by molar-refractivity contribution is -0.123. The molecule has 2 heterocycles. The Morgan fingerprint density at radius 2 is 2.14 bits per heavy atom. The molecule has 2 aliphatic heterocycles. The van der Waals surface area contributed by atoms with Crippen molar-refractivity contribution in [3.8, 4) is 0 Å². The SMILES string of the molecule is O=CC1CC(OC(=O)N2Cc3cccc(F)c3C2)CN1C=O. The van der Waals surface area contributed by atoms with E-state index in [1.807, 2.05) is 0 Å². The van der Waals surface area contributed by atoms with Crippen molar-refractivity contribution in [1.82, 2.24) is 9.80 Å². The van der Waals surface area contributed by atoms with Crippen molar-refractivity contribution in [2.45, 2.75) is 31.7 Å². The first-order chi connectivity index (χ1) is 10.6. The van der Waals surface area contributed by atoms with E-state index in [1.54, 1.807) is 12.1 Å². The molecule has 22 heavy (non-hydrogen) atoms. The number of hydrogen-bond donors (Lipinski definition) is 0. The molecular formula is C15H15FN2O4. The van der Waals surface area contributed by atoms with Crippen LogP contribution in [0.3, 0.4) is 0 Å². The van der Waals surface area contributed by atoms with Gasteiger partial charge < -0.3 is 14.4 Å². The van der Waals surface area contributed by atoms with Gasteiger partial charge in [-0.25, -0.2) is 9.18 Å². The first-order valence-electron chi connectivity index (χ1n) is 7.00. The fourth-order valence-electron chi connectivity index (χ4n) is 2.92. The van der Waals surface area contributed by atoms with Gasteiger partial charge in [0.05, 0.1) is 19.1 Å². The first kappa shape index (κ1) is 14.5. The predicted octanol–water partition coefficient (Wildman–Crippen LogP) is 1.08. The third-order valence-electron chi connectivity index (χ3n) is 4.09. The minimum atomic E-state index is -0.557. The number of carbonyl (C=O) groups is 3. The highest BCUT2D eigenvalue weighted by molar-refractivity contribution is 5.70. The first-order valence-corrected chi connectivity index (χ1v) is 7.00. The smallest absolute Gasteiger partial charge is 0.410 e. The average Bonchev–Trinajstić information content (AvgIpc) is 3.11. The molecule has 1 fully saturated rings. The minimum absolute atomic E-state index is 0.169. The van der Waals surface area contributed by atoms with Crippen molar-refractivity contribution in [2.75, 3.05) is 6.54 Å². The lowest BCUT2D eigenvalue weighted by Gasteiger charge is -2.18. The lowest BCUT2D eigenvalue weighted by Crippen LogP contribution is -2.32. The molecule has 116 valence electrons. The van der Waals surface area contributed by atoms with Crippen LogP contribution in [0, 0.1) is 5.82 Å². The molecule has 0 N–H and O–H groups in total. The molecule has 1 saturated heterocycles. The number of fused-ring (bicyclic) bond motifs is 1. The van der Waals surface area contributed by atoms with Crippen LogP contribution >= 0.6 is 0 Å². The summed E-state index contributed by atoms with van der Waals surface area (Å²) in [7, 11) is 0. The standard InChI is InChI=1S/C15H15FN2O4/c16-14-3-1-2-10-5-17(7-13(10)14)15(21)22-12-4-11(8-19)18(6-12)9-20/h1-3,8-9,11-12H,4-7H2. The molecular weight excluding hydrogens is 291 g/mol. The van der Waals surface area contributed by atoms with Gasteiger partial charge in [-0.2, -0.15) is 0 Å². The van der Waals surface area contributed by atoms with Crippen molar-refractivity contribution < 1.29 is 23.5 Å². The second-order valence-electron chi connectivity index (χ2n) is 5.48. The summed E-state index contributed by atoms with van der Waals surface area (Å²) in [6, 6.07) is 4.19. The number of amides is 2. The van der Waals surface area contributed by atoms with Gasteiger partial charge in [0.1, 0.15) is 18.2 Å². The van der Waals surface area contributed by atoms with Crippen molar-refractivity contribution in [2.24, 2.45) is 0 Å². The molecule has 2 amide bonds. The van der Waals surface area contributed by atoms with Crippen molar-refractivity contribution in [3.63, 3.8) is 0 Å².